The van der Waals surface area contributed by atoms with Crippen LogP contribution in [0.3, 0.4) is 0 Å². The monoisotopic (exact) mass is 360 g/mol. The molecule has 0 amide bonds. The van der Waals surface area contributed by atoms with Crippen molar-refractivity contribution < 1.29 is 26.7 Å². The van der Waals surface area contributed by atoms with Crippen molar-refractivity contribution in [2.45, 2.75) is 25.3 Å². The molecular weight excluding hydrogens is 343 g/mol. The average Bonchev–Trinajstić information content (AvgIpc) is 2.45. The molecule has 1 aromatic rings. The van der Waals surface area contributed by atoms with E-state index in [1.807, 2.05) is 4.90 Å². The predicted molar refractivity (Wildman–Crippen MR) is 78.2 cm³/mol. The van der Waals surface area contributed by atoms with Crippen LogP contribution in [0.15, 0.2) is 24.3 Å². The number of nitrogens with one attached hydrogen (secondary N) is 1. The van der Waals surface area contributed by atoms with E-state index in [-0.39, 0.29) is 24.6 Å². The highest BCUT2D eigenvalue weighted by atomic mass is 35.5. The highest BCUT2D eigenvalue weighted by molar-refractivity contribution is 5.85. The lowest BCUT2D eigenvalue weighted by Gasteiger charge is -2.35. The predicted octanol–water partition coefficient (Wildman–Crippen LogP) is 3.61. The zero-order valence-electron chi connectivity index (χ0n) is 12.2. The van der Waals surface area contributed by atoms with Gasteiger partial charge in [0.1, 0.15) is 5.75 Å². The number of benzene rings is 1. The summed E-state index contributed by atoms with van der Waals surface area (Å²) in [6.45, 7) is 2.65. The fraction of sp³-hybridized carbons (Fsp3) is 0.571. The Bertz CT molecular complexity index is 463. The summed E-state index contributed by atoms with van der Waals surface area (Å²) in [7, 11) is 0. The third-order valence-corrected chi connectivity index (χ3v) is 3.49. The van der Waals surface area contributed by atoms with Gasteiger partial charge in [-0.1, -0.05) is 12.1 Å². The number of hydrogen-bond acceptors (Lipinski definition) is 3. The fourth-order valence-electron chi connectivity index (χ4n) is 2.55. The molecule has 9 heteroatoms. The van der Waals surface area contributed by atoms with Gasteiger partial charge in [0.25, 0.3) is 0 Å². The molecule has 0 radical (unpaired) electrons. The summed E-state index contributed by atoms with van der Waals surface area (Å²) >= 11 is 0. The van der Waals surface area contributed by atoms with Gasteiger partial charge in [-0.3, -0.25) is 4.90 Å². The molecule has 1 aromatic carbocycles. The molecule has 1 atom stereocenters. The molecule has 0 spiro atoms. The Morgan fingerprint density at radius 1 is 1.09 bits per heavy atom. The molecule has 0 unspecified atom stereocenters. The first-order chi connectivity index (χ1) is 10.3. The Morgan fingerprint density at radius 3 is 2.13 bits per heavy atom. The van der Waals surface area contributed by atoms with E-state index in [0.717, 1.165) is 12.1 Å². The van der Waals surface area contributed by atoms with Crippen LogP contribution in [0.2, 0.25) is 0 Å². The largest absolute Gasteiger partial charge is 0.573 e. The van der Waals surface area contributed by atoms with Gasteiger partial charge in [-0.25, -0.2) is 8.78 Å². The van der Waals surface area contributed by atoms with Crippen LogP contribution in [0.25, 0.3) is 0 Å². The van der Waals surface area contributed by atoms with Crippen molar-refractivity contribution in [3.8, 4) is 5.75 Å². The van der Waals surface area contributed by atoms with Gasteiger partial charge in [-0.15, -0.1) is 25.6 Å². The Kier molecular flexibility index (Phi) is 7.50. The Hall–Kier alpha value is -1.12. The molecule has 1 saturated heterocycles. The van der Waals surface area contributed by atoms with Crippen molar-refractivity contribution in [2.24, 2.45) is 0 Å². The second-order valence-corrected chi connectivity index (χ2v) is 5.05. The topological polar surface area (TPSA) is 24.5 Å². The van der Waals surface area contributed by atoms with E-state index in [2.05, 4.69) is 10.1 Å². The SMILES string of the molecule is Cl.FC(F)C[C@H](c1ccc(OC(F)(F)F)cc1)N1CCNCC1. The third-order valence-electron chi connectivity index (χ3n) is 3.49. The van der Waals surface area contributed by atoms with Gasteiger partial charge < -0.3 is 10.1 Å². The van der Waals surface area contributed by atoms with Crippen LogP contribution in [0.4, 0.5) is 22.0 Å². The lowest BCUT2D eigenvalue weighted by Crippen LogP contribution is -2.45. The first kappa shape index (κ1) is 19.9. The fourth-order valence-corrected chi connectivity index (χ4v) is 2.55. The molecule has 3 nitrogen and oxygen atoms in total. The van der Waals surface area contributed by atoms with Crippen molar-refractivity contribution in [3.05, 3.63) is 29.8 Å². The summed E-state index contributed by atoms with van der Waals surface area (Å²) < 4.78 is 65.8. The molecule has 0 saturated carbocycles. The van der Waals surface area contributed by atoms with Crippen LogP contribution in [0, 0.1) is 0 Å². The van der Waals surface area contributed by atoms with Crippen LogP contribution in [-0.2, 0) is 0 Å². The van der Waals surface area contributed by atoms with Gasteiger partial charge in [-0.05, 0) is 17.7 Å². The molecule has 1 fully saturated rings. The first-order valence-corrected chi connectivity index (χ1v) is 6.94. The van der Waals surface area contributed by atoms with Crippen LogP contribution >= 0.6 is 12.4 Å². The highest BCUT2D eigenvalue weighted by Crippen LogP contribution is 2.30. The van der Waals surface area contributed by atoms with Crippen LogP contribution < -0.4 is 10.1 Å². The van der Waals surface area contributed by atoms with Crippen molar-refractivity contribution in [1.82, 2.24) is 10.2 Å². The maximum absolute atomic E-state index is 12.8. The van der Waals surface area contributed by atoms with Gasteiger partial charge in [-0.2, -0.15) is 0 Å². The minimum atomic E-state index is -4.76. The minimum absolute atomic E-state index is 0. The van der Waals surface area contributed by atoms with Gasteiger partial charge >= 0.3 is 6.36 Å². The highest BCUT2D eigenvalue weighted by Gasteiger charge is 2.31. The summed E-state index contributed by atoms with van der Waals surface area (Å²) in [6, 6.07) is 4.63. The minimum Gasteiger partial charge on any atom is -0.406 e. The lowest BCUT2D eigenvalue weighted by molar-refractivity contribution is -0.274. The quantitative estimate of drug-likeness (QED) is 0.812. The number of alkyl halides is 5. The zero-order chi connectivity index (χ0) is 16.2. The van der Waals surface area contributed by atoms with E-state index in [9.17, 15) is 22.0 Å². The maximum Gasteiger partial charge on any atom is 0.573 e. The Morgan fingerprint density at radius 2 is 1.65 bits per heavy atom. The van der Waals surface area contributed by atoms with Gasteiger partial charge in [0, 0.05) is 38.6 Å². The summed E-state index contributed by atoms with van der Waals surface area (Å²) in [5.74, 6) is -0.354. The van der Waals surface area contributed by atoms with E-state index >= 15 is 0 Å². The molecule has 1 heterocycles. The molecule has 23 heavy (non-hydrogen) atoms. The van der Waals surface area contributed by atoms with E-state index in [0.29, 0.717) is 31.7 Å². The van der Waals surface area contributed by atoms with E-state index in [1.54, 1.807) is 0 Å². The van der Waals surface area contributed by atoms with Crippen molar-refractivity contribution in [3.63, 3.8) is 0 Å². The number of piperazine rings is 1. The van der Waals surface area contributed by atoms with Gasteiger partial charge in [0.2, 0.25) is 6.43 Å². The number of ether oxygens (including phenoxy) is 1. The molecule has 0 aromatic heterocycles. The molecular formula is C14H18ClF5N2O. The zero-order valence-corrected chi connectivity index (χ0v) is 13.0. The normalized spacial score (nSPS) is 17.7. The second-order valence-electron chi connectivity index (χ2n) is 5.05. The molecule has 132 valence electrons. The molecule has 1 aliphatic heterocycles. The summed E-state index contributed by atoms with van der Waals surface area (Å²) in [5.41, 5.74) is 0.566. The number of rotatable bonds is 5. The number of hydrogen-bond donors (Lipinski definition) is 1. The molecule has 1 N–H and O–H groups in total. The third kappa shape index (κ3) is 6.48. The van der Waals surface area contributed by atoms with Crippen molar-refractivity contribution in [1.29, 1.82) is 0 Å². The second kappa shape index (κ2) is 8.65. The van der Waals surface area contributed by atoms with Crippen LogP contribution in [0.1, 0.15) is 18.0 Å². The Labute approximate surface area is 137 Å². The van der Waals surface area contributed by atoms with Crippen molar-refractivity contribution in [2.75, 3.05) is 26.2 Å². The molecule has 2 rings (SSSR count). The maximum atomic E-state index is 12.8. The standard InChI is InChI=1S/C14H17F5N2O.ClH/c15-13(16)9-12(21-7-5-20-6-8-21)10-1-3-11(4-2-10)22-14(17,18)19;/h1-4,12-13,20H,5-9H2;1H/t12-;/m1./s1. The average molecular weight is 361 g/mol. The van der Waals surface area contributed by atoms with Crippen LogP contribution in [0.5, 0.6) is 5.75 Å². The van der Waals surface area contributed by atoms with Gasteiger partial charge in [0.15, 0.2) is 0 Å². The Balaban J connectivity index is 0.00000264. The summed E-state index contributed by atoms with van der Waals surface area (Å²) in [5, 5.41) is 3.14. The molecule has 1 aliphatic rings. The number of halogens is 6. The molecule has 0 bridgehead atoms. The number of nitrogens with zero attached hydrogens (tertiary/aromatic N) is 1. The summed E-state index contributed by atoms with van der Waals surface area (Å²) in [4.78, 5) is 1.92. The van der Waals surface area contributed by atoms with Gasteiger partial charge in [0.05, 0.1) is 0 Å². The first-order valence-electron chi connectivity index (χ1n) is 6.94. The van der Waals surface area contributed by atoms with E-state index < -0.39 is 18.8 Å². The molecule has 0 aliphatic carbocycles. The lowest BCUT2D eigenvalue weighted by atomic mass is 10.0. The van der Waals surface area contributed by atoms with E-state index in [4.69, 9.17) is 0 Å². The summed E-state index contributed by atoms with van der Waals surface area (Å²) in [6.07, 6.45) is -7.59. The smallest absolute Gasteiger partial charge is 0.406 e. The van der Waals surface area contributed by atoms with Crippen LogP contribution in [-0.4, -0.2) is 43.9 Å². The van der Waals surface area contributed by atoms with Crippen molar-refractivity contribution >= 4 is 12.4 Å². The van der Waals surface area contributed by atoms with E-state index in [1.165, 1.54) is 12.1 Å².